The summed E-state index contributed by atoms with van der Waals surface area (Å²) in [4.78, 5) is 12.4. The van der Waals surface area contributed by atoms with Crippen molar-refractivity contribution in [1.82, 2.24) is 5.32 Å². The lowest BCUT2D eigenvalue weighted by atomic mass is 9.67. The largest absolute Gasteiger partial charge is 0.504 e. The molecule has 1 aromatic rings. The van der Waals surface area contributed by atoms with Gasteiger partial charge in [-0.2, -0.15) is 0 Å². The van der Waals surface area contributed by atoms with Gasteiger partial charge in [0.25, 0.3) is 5.91 Å². The molecule has 1 aromatic carbocycles. The number of aromatic hydroxyl groups is 1. The second-order valence-electron chi connectivity index (χ2n) is 6.28. The number of aliphatic hydroxyl groups is 3. The molecule has 0 bridgehead atoms. The number of carbonyl (C=O) groups excluding carboxylic acids is 1. The highest BCUT2D eigenvalue weighted by Crippen LogP contribution is 2.50. The van der Waals surface area contributed by atoms with Gasteiger partial charge in [-0.3, -0.25) is 4.79 Å². The first kappa shape index (κ1) is 14.6. The van der Waals surface area contributed by atoms with Crippen LogP contribution in [0.3, 0.4) is 0 Å². The van der Waals surface area contributed by atoms with Gasteiger partial charge < -0.3 is 35.2 Å². The van der Waals surface area contributed by atoms with E-state index >= 15 is 0 Å². The first-order valence-corrected chi connectivity index (χ1v) is 7.42. The number of fused-ring (bicyclic) bond motifs is 4. The molecular formula is C15H17NO7. The number of aliphatic hydroxyl groups excluding tert-OH is 3. The smallest absolute Gasteiger partial charge is 0.255 e. The van der Waals surface area contributed by atoms with E-state index in [-0.39, 0.29) is 29.6 Å². The minimum absolute atomic E-state index is 0.00494. The van der Waals surface area contributed by atoms with Crippen molar-refractivity contribution in [2.45, 2.75) is 37.2 Å². The molecule has 124 valence electrons. The van der Waals surface area contributed by atoms with Gasteiger partial charge in [-0.25, -0.2) is 0 Å². The van der Waals surface area contributed by atoms with E-state index in [0.29, 0.717) is 5.56 Å². The van der Waals surface area contributed by atoms with Gasteiger partial charge >= 0.3 is 0 Å². The number of phenols is 1. The number of phenolic OH excluding ortho intramolecular Hbond substituents is 1. The fourth-order valence-electron chi connectivity index (χ4n) is 3.85. The van der Waals surface area contributed by atoms with Gasteiger partial charge in [0.2, 0.25) is 12.5 Å². The monoisotopic (exact) mass is 323 g/mol. The Labute approximate surface area is 131 Å². The SMILES string of the molecule is CC1C(O)C(O)C(O)C2c3cc4c(c(O)c3C(=O)NC12)OCO4. The summed E-state index contributed by atoms with van der Waals surface area (Å²) in [5.74, 6) is -1.61. The Morgan fingerprint density at radius 3 is 2.65 bits per heavy atom. The lowest BCUT2D eigenvalue weighted by Crippen LogP contribution is -2.63. The molecule has 8 heteroatoms. The van der Waals surface area contributed by atoms with Crippen molar-refractivity contribution in [3.63, 3.8) is 0 Å². The zero-order valence-corrected chi connectivity index (χ0v) is 12.3. The molecule has 0 saturated heterocycles. The Balaban J connectivity index is 1.91. The van der Waals surface area contributed by atoms with E-state index in [2.05, 4.69) is 5.32 Å². The Morgan fingerprint density at radius 2 is 1.91 bits per heavy atom. The number of ether oxygens (including phenoxy) is 2. The van der Waals surface area contributed by atoms with Crippen molar-refractivity contribution in [2.75, 3.05) is 6.79 Å². The van der Waals surface area contributed by atoms with Crippen molar-refractivity contribution in [1.29, 1.82) is 0 Å². The van der Waals surface area contributed by atoms with E-state index < -0.39 is 42.1 Å². The van der Waals surface area contributed by atoms with E-state index in [0.717, 1.165) is 0 Å². The van der Waals surface area contributed by atoms with E-state index in [1.807, 2.05) is 0 Å². The molecule has 1 aliphatic carbocycles. The highest BCUT2D eigenvalue weighted by molar-refractivity contribution is 6.01. The normalized spacial score (nSPS) is 37.8. The van der Waals surface area contributed by atoms with E-state index in [9.17, 15) is 25.2 Å². The van der Waals surface area contributed by atoms with E-state index in [1.54, 1.807) is 13.0 Å². The summed E-state index contributed by atoms with van der Waals surface area (Å²) in [7, 11) is 0. The number of carbonyl (C=O) groups is 1. The number of nitrogens with one attached hydrogen (secondary N) is 1. The summed E-state index contributed by atoms with van der Waals surface area (Å²) in [6.45, 7) is 1.62. The lowest BCUT2D eigenvalue weighted by Gasteiger charge is -2.48. The summed E-state index contributed by atoms with van der Waals surface area (Å²) in [6, 6.07) is 0.983. The van der Waals surface area contributed by atoms with Crippen LogP contribution in [0.2, 0.25) is 0 Å². The summed E-state index contributed by atoms with van der Waals surface area (Å²) >= 11 is 0. The maximum Gasteiger partial charge on any atom is 0.255 e. The molecular weight excluding hydrogens is 306 g/mol. The van der Waals surface area contributed by atoms with E-state index in [4.69, 9.17) is 9.47 Å². The second-order valence-corrected chi connectivity index (χ2v) is 6.28. The number of benzene rings is 1. The predicted molar refractivity (Wildman–Crippen MR) is 75.4 cm³/mol. The maximum atomic E-state index is 12.4. The topological polar surface area (TPSA) is 128 Å². The van der Waals surface area contributed by atoms with Gasteiger partial charge in [0.05, 0.1) is 17.8 Å². The molecule has 23 heavy (non-hydrogen) atoms. The molecule has 1 fully saturated rings. The molecule has 6 atom stereocenters. The third-order valence-corrected chi connectivity index (χ3v) is 5.11. The van der Waals surface area contributed by atoms with Gasteiger partial charge in [-0.1, -0.05) is 6.92 Å². The highest BCUT2D eigenvalue weighted by atomic mass is 16.7. The van der Waals surface area contributed by atoms with Crippen LogP contribution in [0.15, 0.2) is 6.07 Å². The minimum Gasteiger partial charge on any atom is -0.504 e. The second kappa shape index (κ2) is 4.73. The molecule has 4 rings (SSSR count). The molecule has 5 N–H and O–H groups in total. The van der Waals surface area contributed by atoms with Crippen molar-refractivity contribution >= 4 is 5.91 Å². The number of hydrogen-bond acceptors (Lipinski definition) is 7. The fourth-order valence-corrected chi connectivity index (χ4v) is 3.85. The van der Waals surface area contributed by atoms with Crippen molar-refractivity contribution in [3.8, 4) is 17.2 Å². The zero-order valence-electron chi connectivity index (χ0n) is 12.3. The molecule has 2 aliphatic heterocycles. The van der Waals surface area contributed by atoms with Gasteiger partial charge in [-0.05, 0) is 11.6 Å². The molecule has 0 spiro atoms. The Kier molecular flexibility index (Phi) is 2.99. The molecule has 0 aromatic heterocycles. The maximum absolute atomic E-state index is 12.4. The molecule has 1 amide bonds. The first-order chi connectivity index (χ1) is 10.9. The predicted octanol–water partition coefficient (Wildman–Crippen LogP) is -0.951. The van der Waals surface area contributed by atoms with E-state index in [1.165, 1.54) is 0 Å². The fraction of sp³-hybridized carbons (Fsp3) is 0.533. The third-order valence-electron chi connectivity index (χ3n) is 5.11. The first-order valence-electron chi connectivity index (χ1n) is 7.42. The van der Waals surface area contributed by atoms with Crippen LogP contribution in [-0.4, -0.2) is 57.5 Å². The standard InChI is InChI=1S/C15H17NO7/c1-4-9-7(11(18)13(20)10(4)17)5-2-6-14(23-3-22-6)12(19)8(5)15(21)16-9/h2,4,7,9-11,13,17-20H,3H2,1H3,(H,16,21). The van der Waals surface area contributed by atoms with Crippen LogP contribution in [0, 0.1) is 5.92 Å². The Morgan fingerprint density at radius 1 is 1.17 bits per heavy atom. The van der Waals surface area contributed by atoms with Crippen LogP contribution in [-0.2, 0) is 0 Å². The van der Waals surface area contributed by atoms with Crippen molar-refractivity contribution in [2.24, 2.45) is 5.92 Å². The van der Waals surface area contributed by atoms with Gasteiger partial charge in [0, 0.05) is 17.9 Å². The quantitative estimate of drug-likeness (QED) is 0.416. The van der Waals surface area contributed by atoms with Crippen LogP contribution in [0.4, 0.5) is 0 Å². The van der Waals surface area contributed by atoms with Crippen LogP contribution < -0.4 is 14.8 Å². The zero-order chi connectivity index (χ0) is 16.5. The summed E-state index contributed by atoms with van der Waals surface area (Å²) in [5, 5.41) is 43.6. The van der Waals surface area contributed by atoms with Crippen molar-refractivity contribution in [3.05, 3.63) is 17.2 Å². The number of rotatable bonds is 0. The van der Waals surface area contributed by atoms with Gasteiger partial charge in [0.15, 0.2) is 11.5 Å². The highest BCUT2D eigenvalue weighted by Gasteiger charge is 2.52. The molecule has 8 nitrogen and oxygen atoms in total. The van der Waals surface area contributed by atoms with Crippen LogP contribution in [0.25, 0.3) is 0 Å². The average Bonchev–Trinajstić information content (AvgIpc) is 2.99. The van der Waals surface area contributed by atoms with Crippen LogP contribution in [0.5, 0.6) is 17.2 Å². The number of amides is 1. The summed E-state index contributed by atoms with van der Waals surface area (Å²) < 4.78 is 10.4. The Hall–Kier alpha value is -2.03. The van der Waals surface area contributed by atoms with Crippen LogP contribution >= 0.6 is 0 Å². The summed E-state index contributed by atoms with van der Waals surface area (Å²) in [5.41, 5.74) is 0.385. The van der Waals surface area contributed by atoms with Crippen LogP contribution in [0.1, 0.15) is 28.8 Å². The average molecular weight is 323 g/mol. The van der Waals surface area contributed by atoms with Gasteiger partial charge in [0.1, 0.15) is 6.10 Å². The molecule has 2 heterocycles. The van der Waals surface area contributed by atoms with Crippen molar-refractivity contribution < 1.29 is 34.7 Å². The minimum atomic E-state index is -1.35. The third kappa shape index (κ3) is 1.79. The molecule has 6 unspecified atom stereocenters. The summed E-state index contributed by atoms with van der Waals surface area (Å²) in [6.07, 6.45) is -3.79. The number of hydrogen-bond donors (Lipinski definition) is 5. The molecule has 3 aliphatic rings. The molecule has 1 saturated carbocycles. The Bertz CT molecular complexity index is 691. The molecule has 0 radical (unpaired) electrons. The van der Waals surface area contributed by atoms with Gasteiger partial charge in [-0.15, -0.1) is 0 Å². The lowest BCUT2D eigenvalue weighted by molar-refractivity contribution is -0.127.